The number of phenolic OH excluding ortho intramolecular Hbond substituents is 6. The number of esters is 2. The van der Waals surface area contributed by atoms with Crippen molar-refractivity contribution in [3.8, 4) is 46.0 Å². The highest BCUT2D eigenvalue weighted by Crippen LogP contribution is 2.37. The molecule has 2 aliphatic heterocycles. The SMILES string of the molecule is COc1cc(C[C@H]2COC(=O)[C@]2(O)Cc2ccc(O)c(OC)c2)ccc1O.O=C1OC[C@H](Cc2cccc(O)c2)[C@H]1Cc1cccc(O)c1.OC[C@H](Cc1cccc(O)c1)[C@H](CO)Cc1cccc(O)c1. The number of hydrogen-bond donors (Lipinski definition) is 9. The standard InChI is InChI=1S/C20H22O7.C18H18O4.C18H22O4/c1-25-17-8-12(3-5-15(17)21)7-14-11-27-19(23)20(14,24)10-13-4-6-16(22)18(9-13)26-2;19-15-5-1-3-12(8-15)7-14-11-22-18(21)17(14)10-13-4-2-6-16(20)9-13;19-11-15(7-13-3-1-5-17(21)9-13)16(12-20)8-14-4-2-6-18(22)10-14/h3-6,8-9,14,21-22,24H,7,10-11H2,1-2H3;1-6,8-9,14,17,19-20H,7,10-11H2;1-6,9-10,15-16,19-22H,7-8,11-12H2/t14-,20-;14-,17+;15-,16-/m000/s1. The molecule has 0 radical (unpaired) electrons. The summed E-state index contributed by atoms with van der Waals surface area (Å²) in [5.74, 6) is -0.290. The summed E-state index contributed by atoms with van der Waals surface area (Å²) in [7, 11) is 2.88. The van der Waals surface area contributed by atoms with E-state index in [0.717, 1.165) is 27.8 Å². The van der Waals surface area contributed by atoms with Gasteiger partial charge in [-0.15, -0.1) is 0 Å². The molecule has 15 heteroatoms. The normalized spacial score (nSPS) is 19.0. The van der Waals surface area contributed by atoms with Gasteiger partial charge in [-0.25, -0.2) is 4.79 Å². The fraction of sp³-hybridized carbons (Fsp3) is 0.321. The average molecular weight is 975 g/mol. The summed E-state index contributed by atoms with van der Waals surface area (Å²) in [5.41, 5.74) is 3.50. The van der Waals surface area contributed by atoms with E-state index in [4.69, 9.17) is 18.9 Å². The van der Waals surface area contributed by atoms with Crippen LogP contribution in [0.25, 0.3) is 0 Å². The number of carbonyl (C=O) groups excluding carboxylic acids is 2. The van der Waals surface area contributed by atoms with E-state index < -0.39 is 17.5 Å². The van der Waals surface area contributed by atoms with Crippen molar-refractivity contribution in [2.24, 2.45) is 29.6 Å². The molecule has 0 spiro atoms. The fourth-order valence-corrected chi connectivity index (χ4v) is 9.04. The first-order chi connectivity index (χ1) is 34.1. The fourth-order valence-electron chi connectivity index (χ4n) is 9.04. The van der Waals surface area contributed by atoms with Crippen molar-refractivity contribution < 1.29 is 74.5 Å². The number of aromatic hydroxyl groups is 6. The number of benzene rings is 6. The van der Waals surface area contributed by atoms with Crippen LogP contribution in [-0.2, 0) is 57.6 Å². The van der Waals surface area contributed by atoms with E-state index in [9.17, 15) is 55.5 Å². The Morgan fingerprint density at radius 2 is 0.972 bits per heavy atom. The number of aliphatic hydroxyl groups is 3. The minimum Gasteiger partial charge on any atom is -0.508 e. The molecule has 0 unspecified atom stereocenters. The Hall–Kier alpha value is -7.46. The van der Waals surface area contributed by atoms with Gasteiger partial charge in [0.1, 0.15) is 23.0 Å². The minimum absolute atomic E-state index is 0.0185. The molecule has 376 valence electrons. The Bertz CT molecular complexity index is 2650. The molecule has 0 aromatic heterocycles. The third kappa shape index (κ3) is 14.5. The van der Waals surface area contributed by atoms with Crippen molar-refractivity contribution in [2.45, 2.75) is 44.1 Å². The lowest BCUT2D eigenvalue weighted by molar-refractivity contribution is -0.154. The number of aliphatic hydroxyl groups excluding tert-OH is 2. The number of rotatable bonds is 17. The maximum atomic E-state index is 12.3. The van der Waals surface area contributed by atoms with Crippen LogP contribution in [0.2, 0.25) is 0 Å². The smallest absolute Gasteiger partial charge is 0.338 e. The van der Waals surface area contributed by atoms with Gasteiger partial charge in [0.15, 0.2) is 28.6 Å². The molecule has 0 aliphatic carbocycles. The molecular weight excluding hydrogens is 913 g/mol. The van der Waals surface area contributed by atoms with Crippen molar-refractivity contribution >= 4 is 11.9 Å². The quantitative estimate of drug-likeness (QED) is 0.0438. The van der Waals surface area contributed by atoms with Gasteiger partial charge in [0.2, 0.25) is 0 Å². The van der Waals surface area contributed by atoms with Gasteiger partial charge >= 0.3 is 11.9 Å². The molecule has 9 N–H and O–H groups in total. The first-order valence-corrected chi connectivity index (χ1v) is 23.2. The van der Waals surface area contributed by atoms with E-state index in [-0.39, 0.29) is 96.1 Å². The van der Waals surface area contributed by atoms with E-state index in [0.29, 0.717) is 50.0 Å². The zero-order valence-electron chi connectivity index (χ0n) is 39.6. The molecular formula is C56H62O15. The van der Waals surface area contributed by atoms with Crippen molar-refractivity contribution in [3.05, 3.63) is 167 Å². The van der Waals surface area contributed by atoms with Crippen LogP contribution in [-0.4, -0.2) is 104 Å². The van der Waals surface area contributed by atoms with Gasteiger partial charge < -0.3 is 64.9 Å². The highest BCUT2D eigenvalue weighted by atomic mass is 16.6. The molecule has 2 saturated heterocycles. The van der Waals surface area contributed by atoms with Crippen LogP contribution in [0.5, 0.6) is 46.0 Å². The van der Waals surface area contributed by atoms with Crippen LogP contribution >= 0.6 is 0 Å². The summed E-state index contributed by atoms with van der Waals surface area (Å²) in [4.78, 5) is 24.3. The first-order valence-electron chi connectivity index (χ1n) is 23.2. The highest BCUT2D eigenvalue weighted by Gasteiger charge is 2.51. The van der Waals surface area contributed by atoms with Crippen LogP contribution < -0.4 is 9.47 Å². The van der Waals surface area contributed by atoms with Crippen LogP contribution in [0.15, 0.2) is 133 Å². The predicted octanol–water partition coefficient (Wildman–Crippen LogP) is 6.58. The monoisotopic (exact) mass is 974 g/mol. The molecule has 71 heavy (non-hydrogen) atoms. The Balaban J connectivity index is 0.000000176. The van der Waals surface area contributed by atoms with Crippen LogP contribution in [0.3, 0.4) is 0 Å². The Morgan fingerprint density at radius 1 is 0.535 bits per heavy atom. The topological polar surface area (TPSA) is 253 Å². The maximum Gasteiger partial charge on any atom is 0.338 e. The number of methoxy groups -OCH3 is 2. The second kappa shape index (κ2) is 24.9. The summed E-state index contributed by atoms with van der Waals surface area (Å²) < 4.78 is 20.5. The molecule has 2 heterocycles. The summed E-state index contributed by atoms with van der Waals surface area (Å²) in [6, 6.07) is 37.5. The van der Waals surface area contributed by atoms with Crippen LogP contribution in [0.4, 0.5) is 0 Å². The Morgan fingerprint density at radius 3 is 1.45 bits per heavy atom. The lowest BCUT2D eigenvalue weighted by Crippen LogP contribution is -2.44. The lowest BCUT2D eigenvalue weighted by atomic mass is 9.81. The zero-order valence-corrected chi connectivity index (χ0v) is 39.6. The van der Waals surface area contributed by atoms with Crippen molar-refractivity contribution in [1.29, 1.82) is 0 Å². The summed E-state index contributed by atoms with van der Waals surface area (Å²) in [5, 5.41) is 88.0. The molecule has 6 aromatic rings. The predicted molar refractivity (Wildman–Crippen MR) is 262 cm³/mol. The van der Waals surface area contributed by atoms with Crippen LogP contribution in [0, 0.1) is 29.6 Å². The highest BCUT2D eigenvalue weighted by molar-refractivity contribution is 5.82. The number of hydrogen-bond acceptors (Lipinski definition) is 15. The third-order valence-electron chi connectivity index (χ3n) is 12.9. The maximum absolute atomic E-state index is 12.3. The number of cyclic esters (lactones) is 2. The van der Waals surface area contributed by atoms with Gasteiger partial charge in [0, 0.05) is 31.5 Å². The zero-order chi connectivity index (χ0) is 51.1. The summed E-state index contributed by atoms with van der Waals surface area (Å²) in [6.07, 6.45) is 2.79. The number of phenols is 6. The molecule has 15 nitrogen and oxygen atoms in total. The van der Waals surface area contributed by atoms with Crippen LogP contribution in [0.1, 0.15) is 33.4 Å². The molecule has 2 fully saturated rings. The first kappa shape index (κ1) is 52.9. The van der Waals surface area contributed by atoms with Gasteiger partial charge in [-0.1, -0.05) is 60.7 Å². The molecule has 2 aliphatic rings. The minimum atomic E-state index is -1.70. The van der Waals surface area contributed by atoms with Gasteiger partial charge in [0.05, 0.1) is 33.4 Å². The van der Waals surface area contributed by atoms with Gasteiger partial charge in [0.25, 0.3) is 0 Å². The Labute approximate surface area is 412 Å². The van der Waals surface area contributed by atoms with E-state index in [1.807, 2.05) is 24.3 Å². The molecule has 6 atom stereocenters. The average Bonchev–Trinajstić information content (AvgIpc) is 3.83. The van der Waals surface area contributed by atoms with Gasteiger partial charge in [-0.3, -0.25) is 4.79 Å². The van der Waals surface area contributed by atoms with E-state index in [1.165, 1.54) is 26.4 Å². The van der Waals surface area contributed by atoms with Gasteiger partial charge in [-0.2, -0.15) is 0 Å². The molecule has 8 rings (SSSR count). The second-order valence-electron chi connectivity index (χ2n) is 18.0. The van der Waals surface area contributed by atoms with Crippen molar-refractivity contribution in [2.75, 3.05) is 40.6 Å². The summed E-state index contributed by atoms with van der Waals surface area (Å²) >= 11 is 0. The third-order valence-corrected chi connectivity index (χ3v) is 12.9. The lowest BCUT2D eigenvalue weighted by Gasteiger charge is -2.26. The number of carbonyl (C=O) groups is 2. The van der Waals surface area contributed by atoms with Gasteiger partial charge in [-0.05, 0) is 150 Å². The second-order valence-corrected chi connectivity index (χ2v) is 18.0. The largest absolute Gasteiger partial charge is 0.508 e. The van der Waals surface area contributed by atoms with Crippen molar-refractivity contribution in [1.82, 2.24) is 0 Å². The Kier molecular flexibility index (Phi) is 18.5. The van der Waals surface area contributed by atoms with E-state index >= 15 is 0 Å². The molecule has 6 aromatic carbocycles. The molecule has 0 amide bonds. The van der Waals surface area contributed by atoms with E-state index in [2.05, 4.69) is 0 Å². The molecule has 0 bridgehead atoms. The molecule has 0 saturated carbocycles. The van der Waals surface area contributed by atoms with E-state index in [1.54, 1.807) is 97.1 Å². The number of ether oxygens (including phenoxy) is 4. The summed E-state index contributed by atoms with van der Waals surface area (Å²) in [6.45, 7) is 0.408. The van der Waals surface area contributed by atoms with Crippen molar-refractivity contribution in [3.63, 3.8) is 0 Å².